The van der Waals surface area contributed by atoms with Gasteiger partial charge >= 0.3 is 0 Å². The van der Waals surface area contributed by atoms with Gasteiger partial charge in [0.2, 0.25) is 49.2 Å². The molecule has 0 unspecified atom stereocenters. The third-order valence-corrected chi connectivity index (χ3v) is 24.3. The predicted octanol–water partition coefficient (Wildman–Crippen LogP) is 3.87. The van der Waals surface area contributed by atoms with Gasteiger partial charge in [-0.25, -0.2) is 42.1 Å². The van der Waals surface area contributed by atoms with E-state index in [1.165, 1.54) is 0 Å². The molecule has 0 aliphatic carbocycles. The van der Waals surface area contributed by atoms with Crippen LogP contribution in [0.5, 0.6) is 0 Å². The molecule has 25 nitrogen and oxygen atoms in total. The SMILES string of the molecule is O=S(=O)(O)c1ccc(S(=O)(=O)c2cc(CCc3cc(S(=O)(=O)O)cc(S(=O)(=O)c4cc(S(=O)(=O)c5ccc(S(=O)(=O)O)cc5)cc(S(=O)(=O)c5ccc(S(=O)(=O)O)cc5)c4)c3)cc(S(=O)(=O)c3ccc(S(=O)(=O)O)cc3)c2)cc1. The first-order chi connectivity index (χ1) is 36.0. The molecule has 0 radical (unpaired) electrons. The Morgan fingerprint density at radius 2 is 0.329 bits per heavy atom. The van der Waals surface area contributed by atoms with Crippen LogP contribution in [0.4, 0.5) is 0 Å². The Kier molecular flexibility index (Phi) is 15.9. The molecule has 7 aromatic rings. The van der Waals surface area contributed by atoms with Crippen LogP contribution in [-0.4, -0.2) is 107 Å². The topological polar surface area (TPSA) is 443 Å². The number of hydrogen-bond donors (Lipinski definition) is 5. The molecule has 0 spiro atoms. The van der Waals surface area contributed by atoms with E-state index in [0.29, 0.717) is 103 Å². The molecule has 0 aliphatic heterocycles. The maximum Gasteiger partial charge on any atom is 0.294 e. The normalized spacial score (nSPS) is 13.5. The smallest absolute Gasteiger partial charge is 0.282 e. The minimum atomic E-state index is -5.44. The second kappa shape index (κ2) is 20.7. The zero-order valence-electron chi connectivity index (χ0n) is 38.8. The van der Waals surface area contributed by atoms with Crippen LogP contribution in [-0.2, 0) is 113 Å². The Balaban J connectivity index is 1.38. The van der Waals surface area contributed by atoms with Crippen LogP contribution in [0, 0.1) is 0 Å². The van der Waals surface area contributed by atoms with Crippen LogP contribution < -0.4 is 0 Å². The highest BCUT2D eigenvalue weighted by Gasteiger charge is 2.32. The Hall–Kier alpha value is -6.16. The summed E-state index contributed by atoms with van der Waals surface area (Å²) in [5, 5.41) is 0. The summed E-state index contributed by atoms with van der Waals surface area (Å²) in [7, 11) is -50.3. The maximum atomic E-state index is 14.7. The minimum Gasteiger partial charge on any atom is -0.282 e. The molecule has 0 heterocycles. The lowest BCUT2D eigenvalue weighted by Crippen LogP contribution is -2.12. The van der Waals surface area contributed by atoms with Gasteiger partial charge in [-0.15, -0.1) is 0 Å². The van der Waals surface area contributed by atoms with Crippen molar-refractivity contribution in [2.24, 2.45) is 0 Å². The van der Waals surface area contributed by atoms with Crippen LogP contribution in [0.2, 0.25) is 0 Å². The Bertz CT molecular complexity index is 4610. The van der Waals surface area contributed by atoms with Gasteiger partial charge in [0.15, 0.2) is 0 Å². The summed E-state index contributed by atoms with van der Waals surface area (Å²) in [6.45, 7) is 0. The van der Waals surface area contributed by atoms with Gasteiger partial charge in [0.25, 0.3) is 50.6 Å². The van der Waals surface area contributed by atoms with E-state index in [0.717, 1.165) is 48.5 Å². The molecule has 7 aromatic carbocycles. The second-order valence-electron chi connectivity index (χ2n) is 16.5. The molecule has 0 fully saturated rings. The second-order valence-corrected chi connectivity index (χ2v) is 33.4. The van der Waals surface area contributed by atoms with E-state index < -0.39 is 186 Å². The molecule has 0 atom stereocenters. The third-order valence-electron chi connectivity index (χ3n) is 11.3. The van der Waals surface area contributed by atoms with Crippen molar-refractivity contribution in [2.45, 2.75) is 86.3 Å². The van der Waals surface area contributed by atoms with Gasteiger partial charge in [0, 0.05) is 0 Å². The average Bonchev–Trinajstić information content (AvgIpc) is 3.40. The van der Waals surface area contributed by atoms with E-state index in [2.05, 4.69) is 0 Å². The Labute approximate surface area is 452 Å². The minimum absolute atomic E-state index is 0.229. The summed E-state index contributed by atoms with van der Waals surface area (Å²) in [4.78, 5) is -13.3. The lowest BCUT2D eigenvalue weighted by Gasteiger charge is -2.15. The van der Waals surface area contributed by atoms with Crippen molar-refractivity contribution >= 4 is 99.8 Å². The summed E-state index contributed by atoms with van der Waals surface area (Å²) in [5.41, 5.74) is -0.588. The fraction of sp³-hybridized carbons (Fsp3) is 0.0455. The standard InChI is InChI=1S/C44H34O25S10/c45-70(46,30-3-11-34(12-4-30)75(55,56)57)38-19-28(20-39(23-38)71(47,48)31-5-13-35(14-6-31)76(58,59)60)1-2-29-21-40(27-44(22-29)79(67,68)69)74(53,54)43-25-41(72(49,50)32-7-15-36(16-8-32)77(61,62)63)24-42(26-43)73(51,52)33-9-17-37(18-10-33)78(64,65)66/h3-27H,1-2H2,(H,55,56,57)(H,58,59,60)(H,61,62,63)(H,64,65,66)(H,67,68,69). The van der Waals surface area contributed by atoms with E-state index in [1.54, 1.807) is 0 Å². The van der Waals surface area contributed by atoms with Crippen LogP contribution in [0.25, 0.3) is 0 Å². The van der Waals surface area contributed by atoms with E-state index in [-0.39, 0.29) is 11.1 Å². The van der Waals surface area contributed by atoms with Crippen LogP contribution in [0.15, 0.2) is 225 Å². The van der Waals surface area contributed by atoms with Crippen molar-refractivity contribution in [3.63, 3.8) is 0 Å². The zero-order chi connectivity index (χ0) is 58.9. The fourth-order valence-corrected chi connectivity index (χ4v) is 17.0. The number of rotatable bonds is 18. The largest absolute Gasteiger partial charge is 0.294 e. The van der Waals surface area contributed by atoms with Crippen molar-refractivity contribution in [3.05, 3.63) is 163 Å². The first-order valence-electron chi connectivity index (χ1n) is 21.0. The first-order valence-corrected chi connectivity index (χ1v) is 35.6. The summed E-state index contributed by atoms with van der Waals surface area (Å²) >= 11 is 0. The van der Waals surface area contributed by atoms with Crippen molar-refractivity contribution in [3.8, 4) is 0 Å². The molecule has 0 saturated carbocycles. The molecule has 0 aromatic heterocycles. The molecule has 0 amide bonds. The molecule has 5 N–H and O–H groups in total. The van der Waals surface area contributed by atoms with Crippen LogP contribution >= 0.6 is 0 Å². The van der Waals surface area contributed by atoms with Crippen molar-refractivity contribution in [2.75, 3.05) is 0 Å². The molecule has 35 heteroatoms. The van der Waals surface area contributed by atoms with Gasteiger partial charge in [0.05, 0.1) is 73.4 Å². The number of aryl methyl sites for hydroxylation is 2. The highest BCUT2D eigenvalue weighted by Crippen LogP contribution is 2.35. The molecule has 0 bridgehead atoms. The predicted molar refractivity (Wildman–Crippen MR) is 269 cm³/mol. The molecule has 0 aliphatic rings. The van der Waals surface area contributed by atoms with E-state index >= 15 is 0 Å². The maximum absolute atomic E-state index is 14.7. The number of sulfone groups is 5. The molecule has 0 saturated heterocycles. The van der Waals surface area contributed by atoms with Crippen LogP contribution in [0.1, 0.15) is 11.1 Å². The van der Waals surface area contributed by atoms with Gasteiger partial charge in [-0.1, -0.05) is 0 Å². The van der Waals surface area contributed by atoms with Gasteiger partial charge in [-0.2, -0.15) is 42.1 Å². The monoisotopic (exact) mass is 1280 g/mol. The lowest BCUT2D eigenvalue weighted by atomic mass is 10.0. The highest BCUT2D eigenvalue weighted by atomic mass is 32.2. The molecular formula is C44H34O25S10. The van der Waals surface area contributed by atoms with Crippen molar-refractivity contribution in [1.29, 1.82) is 0 Å². The molecule has 79 heavy (non-hydrogen) atoms. The summed E-state index contributed by atoms with van der Waals surface area (Å²) in [5.74, 6) is 0. The van der Waals surface area contributed by atoms with Crippen LogP contribution in [0.3, 0.4) is 0 Å². The molecule has 7 rings (SSSR count). The zero-order valence-corrected chi connectivity index (χ0v) is 47.0. The van der Waals surface area contributed by atoms with Gasteiger partial charge < -0.3 is 0 Å². The Morgan fingerprint density at radius 3 is 0.519 bits per heavy atom. The average molecular weight is 1280 g/mol. The number of hydrogen-bond acceptors (Lipinski definition) is 20. The third kappa shape index (κ3) is 12.9. The highest BCUT2D eigenvalue weighted by molar-refractivity contribution is 7.94. The molecular weight excluding hydrogens is 1250 g/mol. The Morgan fingerprint density at radius 1 is 0.190 bits per heavy atom. The van der Waals surface area contributed by atoms with Crippen molar-refractivity contribution < 1.29 is 107 Å². The van der Waals surface area contributed by atoms with Gasteiger partial charge in [0.1, 0.15) is 0 Å². The first kappa shape index (κ1) is 60.5. The molecule has 420 valence electrons. The van der Waals surface area contributed by atoms with Gasteiger partial charge in [-0.05, 0) is 176 Å². The van der Waals surface area contributed by atoms with Crippen molar-refractivity contribution in [1.82, 2.24) is 0 Å². The van der Waals surface area contributed by atoms with E-state index in [4.69, 9.17) is 0 Å². The quantitative estimate of drug-likeness (QED) is 0.0761. The summed E-state index contributed by atoms with van der Waals surface area (Å²) in [6, 6.07) is 16.7. The summed E-state index contributed by atoms with van der Waals surface area (Å²) < 4.78 is 309. The fourth-order valence-electron chi connectivity index (χ4n) is 7.31. The van der Waals surface area contributed by atoms with E-state index in [1.807, 2.05) is 0 Å². The number of benzene rings is 7. The summed E-state index contributed by atoms with van der Waals surface area (Å²) in [6.07, 6.45) is -1.14. The van der Waals surface area contributed by atoms with Gasteiger partial charge in [-0.3, -0.25) is 22.8 Å². The lowest BCUT2D eigenvalue weighted by molar-refractivity contribution is 0.480. The van der Waals surface area contributed by atoms with E-state index in [9.17, 15) is 107 Å².